The lowest BCUT2D eigenvalue weighted by Gasteiger charge is -2.14. The molecule has 2 heterocycles. The van der Waals surface area contributed by atoms with E-state index >= 15 is 0 Å². The Morgan fingerprint density at radius 2 is 2.24 bits per heavy atom. The molecule has 0 aliphatic heterocycles. The highest BCUT2D eigenvalue weighted by molar-refractivity contribution is 7.99. The van der Waals surface area contributed by atoms with Gasteiger partial charge in [-0.15, -0.1) is 11.3 Å². The molecule has 5 nitrogen and oxygen atoms in total. The van der Waals surface area contributed by atoms with Gasteiger partial charge in [-0.05, 0) is 37.0 Å². The van der Waals surface area contributed by atoms with E-state index in [9.17, 15) is 4.79 Å². The predicted molar refractivity (Wildman–Crippen MR) is 100 cm³/mol. The lowest BCUT2D eigenvalue weighted by Crippen LogP contribution is -2.22. The second-order valence-electron chi connectivity index (χ2n) is 5.69. The first kappa shape index (κ1) is 16.2. The van der Waals surface area contributed by atoms with Gasteiger partial charge in [-0.25, -0.2) is 4.98 Å². The molecule has 0 amide bonds. The van der Waals surface area contributed by atoms with E-state index in [2.05, 4.69) is 6.07 Å². The second-order valence-corrected chi connectivity index (χ2v) is 7.72. The fourth-order valence-corrected chi connectivity index (χ4v) is 5.21. The highest BCUT2D eigenvalue weighted by atomic mass is 32.2. The van der Waals surface area contributed by atoms with Crippen molar-refractivity contribution in [1.29, 1.82) is 5.26 Å². The highest BCUT2D eigenvalue weighted by Crippen LogP contribution is 2.36. The summed E-state index contributed by atoms with van der Waals surface area (Å²) in [7, 11) is 1.58. The van der Waals surface area contributed by atoms with Gasteiger partial charge in [0.05, 0.1) is 30.0 Å². The number of fused-ring (bicyclic) bond motifs is 3. The summed E-state index contributed by atoms with van der Waals surface area (Å²) in [6.45, 7) is 0. The van der Waals surface area contributed by atoms with Gasteiger partial charge in [0, 0.05) is 4.88 Å². The summed E-state index contributed by atoms with van der Waals surface area (Å²) in [5.41, 5.74) is 1.73. The van der Waals surface area contributed by atoms with E-state index in [0.717, 1.165) is 35.0 Å². The summed E-state index contributed by atoms with van der Waals surface area (Å²) in [4.78, 5) is 20.2. The average Bonchev–Trinajstić information content (AvgIpc) is 3.20. The van der Waals surface area contributed by atoms with Crippen LogP contribution in [0.2, 0.25) is 0 Å². The van der Waals surface area contributed by atoms with Gasteiger partial charge >= 0.3 is 0 Å². The molecule has 0 atom stereocenters. The lowest BCUT2D eigenvalue weighted by molar-refractivity contribution is 0.411. The van der Waals surface area contributed by atoms with Crippen LogP contribution >= 0.6 is 23.1 Å². The zero-order valence-electron chi connectivity index (χ0n) is 13.6. The zero-order valence-corrected chi connectivity index (χ0v) is 15.2. The van der Waals surface area contributed by atoms with Gasteiger partial charge < -0.3 is 4.74 Å². The van der Waals surface area contributed by atoms with E-state index in [1.807, 2.05) is 24.3 Å². The number of thioether (sulfide) groups is 1. The van der Waals surface area contributed by atoms with E-state index in [1.165, 1.54) is 16.6 Å². The summed E-state index contributed by atoms with van der Waals surface area (Å²) < 4.78 is 7.03. The number of ether oxygens (including phenoxy) is 1. The fraction of sp³-hybridized carbons (Fsp3) is 0.278. The van der Waals surface area contributed by atoms with E-state index in [1.54, 1.807) is 23.0 Å². The van der Waals surface area contributed by atoms with Gasteiger partial charge in [-0.1, -0.05) is 23.9 Å². The topological polar surface area (TPSA) is 67.9 Å². The van der Waals surface area contributed by atoms with E-state index < -0.39 is 0 Å². The van der Waals surface area contributed by atoms with Gasteiger partial charge in [0.1, 0.15) is 10.6 Å². The van der Waals surface area contributed by atoms with Gasteiger partial charge in [-0.2, -0.15) is 5.26 Å². The number of para-hydroxylation sites is 2. The minimum Gasteiger partial charge on any atom is -0.495 e. The maximum Gasteiger partial charge on any atom is 0.267 e. The number of rotatable bonds is 4. The maximum atomic E-state index is 13.4. The third-order valence-electron chi connectivity index (χ3n) is 4.30. The van der Waals surface area contributed by atoms with Crippen LogP contribution in [0.25, 0.3) is 15.9 Å². The van der Waals surface area contributed by atoms with Crippen LogP contribution in [-0.4, -0.2) is 22.4 Å². The maximum absolute atomic E-state index is 13.4. The Morgan fingerprint density at radius 3 is 3.04 bits per heavy atom. The largest absolute Gasteiger partial charge is 0.495 e. The van der Waals surface area contributed by atoms with Crippen molar-refractivity contribution in [2.75, 3.05) is 12.9 Å². The highest BCUT2D eigenvalue weighted by Gasteiger charge is 2.24. The number of thiophene rings is 1. The normalized spacial score (nSPS) is 13.0. The van der Waals surface area contributed by atoms with Crippen molar-refractivity contribution in [2.45, 2.75) is 24.4 Å². The number of nitriles is 1. The summed E-state index contributed by atoms with van der Waals surface area (Å²) >= 11 is 2.88. The number of hydrogen-bond donors (Lipinski definition) is 0. The zero-order chi connectivity index (χ0) is 17.4. The number of methoxy groups -OCH3 is 1. The molecule has 126 valence electrons. The molecule has 25 heavy (non-hydrogen) atoms. The number of benzene rings is 1. The summed E-state index contributed by atoms with van der Waals surface area (Å²) in [5, 5.41) is 10.2. The van der Waals surface area contributed by atoms with Crippen LogP contribution in [0.3, 0.4) is 0 Å². The summed E-state index contributed by atoms with van der Waals surface area (Å²) in [6.07, 6.45) is 3.05. The van der Waals surface area contributed by atoms with Crippen molar-refractivity contribution in [3.05, 3.63) is 45.1 Å². The van der Waals surface area contributed by atoms with E-state index in [0.29, 0.717) is 16.6 Å². The van der Waals surface area contributed by atoms with Crippen molar-refractivity contribution < 1.29 is 4.74 Å². The Bertz CT molecular complexity index is 1060. The minimum atomic E-state index is -0.0747. The molecule has 0 saturated carbocycles. The molecule has 0 fully saturated rings. The first-order valence-corrected chi connectivity index (χ1v) is 9.75. The fourth-order valence-electron chi connectivity index (χ4n) is 3.25. The third-order valence-corrected chi connectivity index (χ3v) is 6.29. The molecule has 0 saturated heterocycles. The van der Waals surface area contributed by atoms with Crippen LogP contribution in [0.15, 0.2) is 34.2 Å². The van der Waals surface area contributed by atoms with Crippen LogP contribution in [0.5, 0.6) is 5.75 Å². The molecule has 0 N–H and O–H groups in total. The lowest BCUT2D eigenvalue weighted by atomic mass is 10.2. The van der Waals surface area contributed by atoms with Crippen LogP contribution in [0.4, 0.5) is 0 Å². The van der Waals surface area contributed by atoms with Gasteiger partial charge in [0.2, 0.25) is 0 Å². The summed E-state index contributed by atoms with van der Waals surface area (Å²) in [6, 6.07) is 9.51. The molecule has 4 rings (SSSR count). The molecule has 2 aromatic heterocycles. The predicted octanol–water partition coefficient (Wildman–Crippen LogP) is 3.56. The molecule has 0 radical (unpaired) electrons. The molecule has 3 aromatic rings. The van der Waals surface area contributed by atoms with Gasteiger partial charge in [-0.3, -0.25) is 9.36 Å². The number of aromatic nitrogens is 2. The molecule has 0 unspecified atom stereocenters. The van der Waals surface area contributed by atoms with Gasteiger partial charge in [0.15, 0.2) is 5.16 Å². The smallest absolute Gasteiger partial charge is 0.267 e. The van der Waals surface area contributed by atoms with Crippen LogP contribution < -0.4 is 10.3 Å². The molecular weight excluding hydrogens is 354 g/mol. The summed E-state index contributed by atoms with van der Waals surface area (Å²) in [5.74, 6) is 0.842. The van der Waals surface area contributed by atoms with Gasteiger partial charge in [0.25, 0.3) is 5.56 Å². The molecular formula is C18H15N3O2S2. The Morgan fingerprint density at radius 1 is 1.40 bits per heavy atom. The Hall–Kier alpha value is -2.30. The van der Waals surface area contributed by atoms with Crippen LogP contribution in [0.1, 0.15) is 16.9 Å². The van der Waals surface area contributed by atoms with E-state index in [-0.39, 0.29) is 11.3 Å². The van der Waals surface area contributed by atoms with Crippen molar-refractivity contribution in [3.63, 3.8) is 0 Å². The first-order chi connectivity index (χ1) is 12.2. The Labute approximate surface area is 152 Å². The SMILES string of the molecule is COc1ccccc1-n1c(SCC#N)nc2sc3c(c2c1=O)CCC3. The molecule has 1 aliphatic carbocycles. The quantitative estimate of drug-likeness (QED) is 0.520. The van der Waals surface area contributed by atoms with E-state index in [4.69, 9.17) is 15.0 Å². The standard InChI is InChI=1S/C18H15N3O2S2/c1-23-13-7-3-2-6-12(13)21-17(22)15-11-5-4-8-14(11)25-16(15)20-18(21)24-10-9-19/h2-3,6-7H,4-5,8,10H2,1H3. The van der Waals surface area contributed by atoms with Crippen molar-refractivity contribution in [3.8, 4) is 17.5 Å². The Kier molecular flexibility index (Phi) is 4.24. The minimum absolute atomic E-state index is 0.0747. The number of aryl methyl sites for hydroxylation is 2. The molecule has 0 spiro atoms. The second kappa shape index (κ2) is 6.54. The monoisotopic (exact) mass is 369 g/mol. The van der Waals surface area contributed by atoms with Crippen LogP contribution in [0, 0.1) is 11.3 Å². The van der Waals surface area contributed by atoms with Crippen LogP contribution in [-0.2, 0) is 12.8 Å². The Balaban J connectivity index is 2.05. The van der Waals surface area contributed by atoms with Crippen molar-refractivity contribution in [1.82, 2.24) is 9.55 Å². The molecule has 0 bridgehead atoms. The number of nitrogens with zero attached hydrogens (tertiary/aromatic N) is 3. The molecule has 1 aliphatic rings. The molecule has 1 aromatic carbocycles. The molecule has 7 heteroatoms. The third kappa shape index (κ3) is 2.62. The van der Waals surface area contributed by atoms with Crippen molar-refractivity contribution in [2.24, 2.45) is 0 Å². The average molecular weight is 369 g/mol. The van der Waals surface area contributed by atoms with Crippen molar-refractivity contribution >= 4 is 33.3 Å². The number of hydrogen-bond acceptors (Lipinski definition) is 6. The first-order valence-electron chi connectivity index (χ1n) is 7.95.